The van der Waals surface area contributed by atoms with Crippen LogP contribution in [0.15, 0.2) is 0 Å². The SMILES string of the molecule is CC.CC.CCCCCC(CCCC=O)CCCCC.COCCCCCCCBr. The number of hydrogen-bond donors (Lipinski definition) is 0. The third-order valence-electron chi connectivity index (χ3n) is 4.85. The molecule has 0 aliphatic heterocycles. The molecule has 30 heavy (non-hydrogen) atoms. The van der Waals surface area contributed by atoms with E-state index in [0.717, 1.165) is 37.0 Å². The predicted octanol–water partition coefficient (Wildman–Crippen LogP) is 10.2. The Morgan fingerprint density at radius 2 is 1.17 bits per heavy atom. The van der Waals surface area contributed by atoms with E-state index in [1.165, 1.54) is 89.9 Å². The molecule has 0 spiro atoms. The molecule has 0 aromatic rings. The van der Waals surface area contributed by atoms with Gasteiger partial charge in [-0.25, -0.2) is 0 Å². The topological polar surface area (TPSA) is 26.3 Å². The number of aldehydes is 1. The molecule has 0 fully saturated rings. The second kappa shape index (κ2) is 43.1. The molecular formula is C27H59BrO2. The summed E-state index contributed by atoms with van der Waals surface area (Å²) in [5.41, 5.74) is 0. The molecular weight excluding hydrogens is 436 g/mol. The van der Waals surface area contributed by atoms with Crippen molar-refractivity contribution in [3.8, 4) is 0 Å². The van der Waals surface area contributed by atoms with Gasteiger partial charge in [0.1, 0.15) is 6.29 Å². The molecule has 0 saturated heterocycles. The fourth-order valence-corrected chi connectivity index (χ4v) is 3.56. The first-order chi connectivity index (χ1) is 14.8. The van der Waals surface area contributed by atoms with Gasteiger partial charge in [0, 0.05) is 25.5 Å². The van der Waals surface area contributed by atoms with Crippen molar-refractivity contribution >= 4 is 22.2 Å². The number of ether oxygens (including phenoxy) is 1. The molecule has 2 nitrogen and oxygen atoms in total. The first-order valence-corrected chi connectivity index (χ1v) is 14.4. The van der Waals surface area contributed by atoms with Gasteiger partial charge in [0.05, 0.1) is 0 Å². The molecule has 0 aliphatic rings. The van der Waals surface area contributed by atoms with E-state index < -0.39 is 0 Å². The van der Waals surface area contributed by atoms with Gasteiger partial charge in [-0.15, -0.1) is 0 Å². The number of halogens is 1. The third-order valence-corrected chi connectivity index (χ3v) is 5.41. The summed E-state index contributed by atoms with van der Waals surface area (Å²) >= 11 is 3.41. The summed E-state index contributed by atoms with van der Waals surface area (Å²) in [4.78, 5) is 10.3. The first kappa shape index (κ1) is 37.4. The van der Waals surface area contributed by atoms with E-state index in [-0.39, 0.29) is 0 Å². The quantitative estimate of drug-likeness (QED) is 0.101. The van der Waals surface area contributed by atoms with Crippen molar-refractivity contribution in [2.45, 2.75) is 144 Å². The molecule has 0 bridgehead atoms. The van der Waals surface area contributed by atoms with Crippen LogP contribution < -0.4 is 0 Å². The standard InChI is InChI=1S/C15H30O.C8H17BrO.2C2H6/c1-3-5-7-11-15(12-8-6-4-2)13-9-10-14-16;1-10-8-6-4-2-3-5-7-9;2*1-2/h14-15H,3-13H2,1-2H3;2-8H2,1H3;2*1-2H3. The van der Waals surface area contributed by atoms with E-state index in [9.17, 15) is 4.79 Å². The zero-order chi connectivity index (χ0) is 23.7. The van der Waals surface area contributed by atoms with Crippen LogP contribution in [0, 0.1) is 5.92 Å². The molecule has 186 valence electrons. The monoisotopic (exact) mass is 494 g/mol. The van der Waals surface area contributed by atoms with Gasteiger partial charge >= 0.3 is 0 Å². The lowest BCUT2D eigenvalue weighted by molar-refractivity contribution is -0.108. The highest BCUT2D eigenvalue weighted by molar-refractivity contribution is 9.09. The molecule has 0 saturated carbocycles. The molecule has 0 aromatic carbocycles. The van der Waals surface area contributed by atoms with Gasteiger partial charge in [-0.2, -0.15) is 0 Å². The van der Waals surface area contributed by atoms with Crippen LogP contribution in [0.4, 0.5) is 0 Å². The summed E-state index contributed by atoms with van der Waals surface area (Å²) in [7, 11) is 1.76. The Hall–Kier alpha value is 0.110. The zero-order valence-corrected chi connectivity index (χ0v) is 23.7. The Labute approximate surface area is 200 Å². The van der Waals surface area contributed by atoms with Crippen LogP contribution in [-0.4, -0.2) is 25.3 Å². The van der Waals surface area contributed by atoms with Crippen molar-refractivity contribution in [3.05, 3.63) is 0 Å². The minimum absolute atomic E-state index is 0.762. The molecule has 0 aromatic heterocycles. The smallest absolute Gasteiger partial charge is 0.119 e. The summed E-state index contributed by atoms with van der Waals surface area (Å²) < 4.78 is 4.94. The van der Waals surface area contributed by atoms with Gasteiger partial charge in [0.15, 0.2) is 0 Å². The molecule has 3 heteroatoms. The normalized spacial score (nSPS) is 9.63. The average molecular weight is 496 g/mol. The fourth-order valence-electron chi connectivity index (χ4n) is 3.16. The Bertz CT molecular complexity index is 229. The summed E-state index contributed by atoms with van der Waals surface area (Å²) in [5, 5.41) is 1.15. The van der Waals surface area contributed by atoms with Gasteiger partial charge in [0.2, 0.25) is 0 Å². The average Bonchev–Trinajstić information content (AvgIpc) is 2.79. The lowest BCUT2D eigenvalue weighted by atomic mass is 9.90. The van der Waals surface area contributed by atoms with Gasteiger partial charge in [-0.3, -0.25) is 0 Å². The summed E-state index contributed by atoms with van der Waals surface area (Å²) in [6, 6.07) is 0. The van der Waals surface area contributed by atoms with E-state index in [4.69, 9.17) is 4.74 Å². The highest BCUT2D eigenvalue weighted by Crippen LogP contribution is 2.22. The summed E-state index contributed by atoms with van der Waals surface area (Å²) in [6.45, 7) is 13.4. The highest BCUT2D eigenvalue weighted by atomic mass is 79.9. The highest BCUT2D eigenvalue weighted by Gasteiger charge is 2.07. The van der Waals surface area contributed by atoms with Crippen molar-refractivity contribution < 1.29 is 9.53 Å². The third kappa shape index (κ3) is 42.3. The van der Waals surface area contributed by atoms with Crippen LogP contribution in [0.25, 0.3) is 0 Å². The lowest BCUT2D eigenvalue weighted by Gasteiger charge is -2.16. The summed E-state index contributed by atoms with van der Waals surface area (Å²) in [6.07, 6.45) is 21.7. The molecule has 0 radical (unpaired) electrons. The fraction of sp³-hybridized carbons (Fsp3) is 0.963. The number of rotatable bonds is 19. The predicted molar refractivity (Wildman–Crippen MR) is 143 cm³/mol. The van der Waals surface area contributed by atoms with Crippen molar-refractivity contribution in [2.24, 2.45) is 5.92 Å². The Kier molecular flexibility index (Phi) is 53.7. The van der Waals surface area contributed by atoms with E-state index in [2.05, 4.69) is 29.8 Å². The molecule has 0 rings (SSSR count). The van der Waals surface area contributed by atoms with Gasteiger partial charge in [-0.05, 0) is 25.2 Å². The van der Waals surface area contributed by atoms with E-state index in [0.29, 0.717) is 0 Å². The molecule has 0 N–H and O–H groups in total. The van der Waals surface area contributed by atoms with E-state index in [1.807, 2.05) is 27.7 Å². The van der Waals surface area contributed by atoms with Crippen LogP contribution >= 0.6 is 15.9 Å². The lowest BCUT2D eigenvalue weighted by Crippen LogP contribution is -2.01. The zero-order valence-electron chi connectivity index (χ0n) is 22.1. The maximum Gasteiger partial charge on any atom is 0.119 e. The maximum atomic E-state index is 10.3. The number of methoxy groups -OCH3 is 1. The van der Waals surface area contributed by atoms with Crippen molar-refractivity contribution in [2.75, 3.05) is 19.0 Å². The molecule has 0 aliphatic carbocycles. The Morgan fingerprint density at radius 3 is 1.60 bits per heavy atom. The Morgan fingerprint density at radius 1 is 0.700 bits per heavy atom. The van der Waals surface area contributed by atoms with E-state index >= 15 is 0 Å². The number of unbranched alkanes of at least 4 members (excludes halogenated alkanes) is 9. The van der Waals surface area contributed by atoms with Crippen LogP contribution in [0.5, 0.6) is 0 Å². The van der Waals surface area contributed by atoms with Crippen LogP contribution in [0.3, 0.4) is 0 Å². The second-order valence-electron chi connectivity index (χ2n) is 7.40. The van der Waals surface area contributed by atoms with Crippen molar-refractivity contribution in [1.29, 1.82) is 0 Å². The Balaban J connectivity index is -0.000000207. The minimum atomic E-state index is 0.762. The number of carbonyl (C=O) groups excluding carboxylic acids is 1. The van der Waals surface area contributed by atoms with Crippen molar-refractivity contribution in [1.82, 2.24) is 0 Å². The number of hydrogen-bond acceptors (Lipinski definition) is 2. The molecule has 0 atom stereocenters. The second-order valence-corrected chi connectivity index (χ2v) is 8.20. The van der Waals surface area contributed by atoms with Gasteiger partial charge in [-0.1, -0.05) is 135 Å². The maximum absolute atomic E-state index is 10.3. The van der Waals surface area contributed by atoms with Crippen LogP contribution in [0.1, 0.15) is 144 Å². The number of carbonyl (C=O) groups is 1. The minimum Gasteiger partial charge on any atom is -0.385 e. The number of alkyl halides is 1. The molecule has 0 amide bonds. The largest absolute Gasteiger partial charge is 0.385 e. The van der Waals surface area contributed by atoms with E-state index in [1.54, 1.807) is 7.11 Å². The summed E-state index contributed by atoms with van der Waals surface area (Å²) in [5.74, 6) is 0.887. The molecule has 0 unspecified atom stereocenters. The van der Waals surface area contributed by atoms with Gasteiger partial charge < -0.3 is 9.53 Å². The molecule has 0 heterocycles. The first-order valence-electron chi connectivity index (χ1n) is 13.2. The van der Waals surface area contributed by atoms with Crippen LogP contribution in [0.2, 0.25) is 0 Å². The van der Waals surface area contributed by atoms with Gasteiger partial charge in [0.25, 0.3) is 0 Å². The van der Waals surface area contributed by atoms with Crippen LogP contribution in [-0.2, 0) is 9.53 Å². The van der Waals surface area contributed by atoms with Crippen molar-refractivity contribution in [3.63, 3.8) is 0 Å².